The minimum absolute atomic E-state index is 0.128. The van der Waals surface area contributed by atoms with Crippen molar-refractivity contribution in [3.63, 3.8) is 0 Å². The Kier molecular flexibility index (Phi) is 5.53. The molecule has 0 aromatic heterocycles. The summed E-state index contributed by atoms with van der Waals surface area (Å²) in [5.41, 5.74) is 3.37. The molecule has 2 aromatic rings. The smallest absolute Gasteiger partial charge is 0.253 e. The molecule has 0 spiro atoms. The van der Waals surface area contributed by atoms with E-state index >= 15 is 0 Å². The normalized spacial score (nSPS) is 24.1. The van der Waals surface area contributed by atoms with Crippen molar-refractivity contribution in [3.05, 3.63) is 34.4 Å². The number of fused-ring (bicyclic) bond motifs is 6. The van der Waals surface area contributed by atoms with E-state index in [2.05, 4.69) is 10.6 Å². The summed E-state index contributed by atoms with van der Waals surface area (Å²) in [5.74, 6) is 2.73. The highest BCUT2D eigenvalue weighted by atomic mass is 16.7. The number of rotatable bonds is 6. The van der Waals surface area contributed by atoms with Crippen molar-refractivity contribution in [1.82, 2.24) is 10.6 Å². The van der Waals surface area contributed by atoms with Gasteiger partial charge in [0.05, 0.1) is 32.0 Å². The van der Waals surface area contributed by atoms with Crippen molar-refractivity contribution in [2.24, 2.45) is 0 Å². The van der Waals surface area contributed by atoms with Gasteiger partial charge in [0.25, 0.3) is 6.29 Å². The number of likely N-dealkylation sites (N-methyl/N-ethyl adjacent to an activating group) is 1. The number of hydrogen-bond donors (Lipinski definition) is 4. The van der Waals surface area contributed by atoms with Gasteiger partial charge in [-0.25, -0.2) is 0 Å². The number of nitrogens with one attached hydrogen (secondary N) is 2. The fourth-order valence-electron chi connectivity index (χ4n) is 5.19. The Balaban J connectivity index is 1.16. The topological polar surface area (TPSA) is 120 Å². The van der Waals surface area contributed by atoms with Crippen molar-refractivity contribution in [2.75, 3.05) is 46.7 Å². The molecule has 4 aliphatic rings. The second kappa shape index (κ2) is 8.70. The fraction of sp³-hybridized carbons (Fsp3) is 0.500. The molecular formula is C24H28N2O8. The summed E-state index contributed by atoms with van der Waals surface area (Å²) in [6.45, 7) is 2.66. The number of ether oxygens (including phenoxy) is 6. The fourth-order valence-corrected chi connectivity index (χ4v) is 5.19. The third kappa shape index (κ3) is 3.58. The van der Waals surface area contributed by atoms with Crippen molar-refractivity contribution in [3.8, 4) is 34.5 Å². The Morgan fingerprint density at radius 2 is 1.50 bits per heavy atom. The Morgan fingerprint density at radius 3 is 2.24 bits per heavy atom. The number of phenolic OH excluding ortho intramolecular Hbond substituents is 2. The van der Waals surface area contributed by atoms with Gasteiger partial charge < -0.3 is 49.3 Å². The SMILES string of the molecule is CNC[C@@H]1OCCc2c(O)cc3c(c21)OC(CNCC1OCCc2c(O)cc4c(c21)OCO4)O3. The molecule has 4 N–H and O–H groups in total. The van der Waals surface area contributed by atoms with Gasteiger partial charge in [-0.15, -0.1) is 0 Å². The van der Waals surface area contributed by atoms with Gasteiger partial charge in [-0.3, -0.25) is 0 Å². The summed E-state index contributed by atoms with van der Waals surface area (Å²) in [6.07, 6.45) is 0.163. The Bertz CT molecular complexity index is 1100. The number of aromatic hydroxyl groups is 2. The molecule has 2 unspecified atom stereocenters. The van der Waals surface area contributed by atoms with Crippen molar-refractivity contribution in [2.45, 2.75) is 31.3 Å². The lowest BCUT2D eigenvalue weighted by Gasteiger charge is -2.28. The van der Waals surface area contributed by atoms with Crippen LogP contribution < -0.4 is 29.6 Å². The second-order valence-corrected chi connectivity index (χ2v) is 8.74. The quantitative estimate of drug-likeness (QED) is 0.494. The first-order valence-electron chi connectivity index (χ1n) is 11.6. The first-order valence-corrected chi connectivity index (χ1v) is 11.6. The highest BCUT2D eigenvalue weighted by Crippen LogP contribution is 2.49. The van der Waals surface area contributed by atoms with Gasteiger partial charge >= 0.3 is 0 Å². The molecule has 0 saturated carbocycles. The summed E-state index contributed by atoms with van der Waals surface area (Å²) in [6, 6.07) is 3.23. The van der Waals surface area contributed by atoms with E-state index in [1.807, 2.05) is 7.05 Å². The monoisotopic (exact) mass is 472 g/mol. The molecule has 0 fully saturated rings. The van der Waals surface area contributed by atoms with Crippen LogP contribution >= 0.6 is 0 Å². The average Bonchev–Trinajstić information content (AvgIpc) is 3.46. The zero-order chi connectivity index (χ0) is 23.2. The molecule has 4 heterocycles. The summed E-state index contributed by atoms with van der Waals surface area (Å²) < 4.78 is 35.2. The van der Waals surface area contributed by atoms with Crippen molar-refractivity contribution >= 4 is 0 Å². The summed E-state index contributed by atoms with van der Waals surface area (Å²) >= 11 is 0. The van der Waals surface area contributed by atoms with E-state index in [0.717, 1.165) is 22.3 Å². The van der Waals surface area contributed by atoms with E-state index in [1.165, 1.54) is 0 Å². The minimum Gasteiger partial charge on any atom is -0.508 e. The van der Waals surface area contributed by atoms with Crippen LogP contribution in [-0.4, -0.2) is 63.2 Å². The van der Waals surface area contributed by atoms with Gasteiger partial charge in [0.15, 0.2) is 23.0 Å². The molecule has 3 atom stereocenters. The van der Waals surface area contributed by atoms with E-state index in [4.69, 9.17) is 28.4 Å². The molecule has 10 heteroatoms. The first-order chi connectivity index (χ1) is 16.6. The van der Waals surface area contributed by atoms with E-state index in [1.54, 1.807) is 12.1 Å². The lowest BCUT2D eigenvalue weighted by atomic mass is 9.94. The summed E-state index contributed by atoms with van der Waals surface area (Å²) in [7, 11) is 1.86. The van der Waals surface area contributed by atoms with Gasteiger partial charge in [0, 0.05) is 47.5 Å². The van der Waals surface area contributed by atoms with E-state index in [-0.39, 0.29) is 30.5 Å². The van der Waals surface area contributed by atoms with Crippen LogP contribution in [0.5, 0.6) is 34.5 Å². The van der Waals surface area contributed by atoms with Crippen LogP contribution in [-0.2, 0) is 22.3 Å². The van der Waals surface area contributed by atoms with Gasteiger partial charge in [0.1, 0.15) is 11.5 Å². The molecule has 0 amide bonds. The lowest BCUT2D eigenvalue weighted by Crippen LogP contribution is -2.36. The molecule has 34 heavy (non-hydrogen) atoms. The van der Waals surface area contributed by atoms with Gasteiger partial charge in [0.2, 0.25) is 6.79 Å². The van der Waals surface area contributed by atoms with E-state index < -0.39 is 6.29 Å². The average molecular weight is 472 g/mol. The predicted molar refractivity (Wildman–Crippen MR) is 119 cm³/mol. The van der Waals surface area contributed by atoms with Crippen LogP contribution in [0, 0.1) is 0 Å². The molecule has 0 saturated heterocycles. The predicted octanol–water partition coefficient (Wildman–Crippen LogP) is 1.66. The highest BCUT2D eigenvalue weighted by molar-refractivity contribution is 5.60. The standard InChI is InChI=1S/C24H28N2O8/c1-25-8-18-22-13(3-4-29-18)15(28)7-17-24(22)34-20(33-17)10-26-9-19-21-12(2-5-30-19)14(27)6-16-23(21)32-11-31-16/h6-7,18-20,25-28H,2-5,8-11H2,1H3/t18-,19?,20?/m0/s1. The molecule has 0 aliphatic carbocycles. The van der Waals surface area contributed by atoms with E-state index in [9.17, 15) is 10.2 Å². The summed E-state index contributed by atoms with van der Waals surface area (Å²) in [4.78, 5) is 0. The molecular weight excluding hydrogens is 444 g/mol. The molecule has 0 radical (unpaired) electrons. The van der Waals surface area contributed by atoms with Gasteiger partial charge in [-0.1, -0.05) is 0 Å². The first kappa shape index (κ1) is 21.6. The maximum Gasteiger partial charge on any atom is 0.253 e. The third-order valence-electron chi connectivity index (χ3n) is 6.68. The van der Waals surface area contributed by atoms with Crippen LogP contribution in [0.25, 0.3) is 0 Å². The molecule has 2 aromatic carbocycles. The maximum atomic E-state index is 10.5. The minimum atomic E-state index is -0.560. The van der Waals surface area contributed by atoms with Crippen molar-refractivity contribution in [1.29, 1.82) is 0 Å². The Hall–Kier alpha value is -2.92. The zero-order valence-electron chi connectivity index (χ0n) is 18.9. The highest BCUT2D eigenvalue weighted by Gasteiger charge is 2.36. The largest absolute Gasteiger partial charge is 0.508 e. The van der Waals surface area contributed by atoms with Crippen LogP contribution in [0.2, 0.25) is 0 Å². The van der Waals surface area contributed by atoms with Crippen LogP contribution in [0.4, 0.5) is 0 Å². The zero-order valence-corrected chi connectivity index (χ0v) is 18.9. The van der Waals surface area contributed by atoms with Crippen molar-refractivity contribution < 1.29 is 38.6 Å². The van der Waals surface area contributed by atoms with Gasteiger partial charge in [-0.2, -0.15) is 0 Å². The molecule has 182 valence electrons. The molecule has 4 aliphatic heterocycles. The molecule has 10 nitrogen and oxygen atoms in total. The Morgan fingerprint density at radius 1 is 0.824 bits per heavy atom. The van der Waals surface area contributed by atoms with Gasteiger partial charge in [-0.05, 0) is 19.9 Å². The Labute approximate surface area is 196 Å². The van der Waals surface area contributed by atoms with Crippen LogP contribution in [0.3, 0.4) is 0 Å². The van der Waals surface area contributed by atoms with Crippen LogP contribution in [0.15, 0.2) is 12.1 Å². The third-order valence-corrected chi connectivity index (χ3v) is 6.68. The number of phenols is 2. The maximum absolute atomic E-state index is 10.5. The number of hydrogen-bond acceptors (Lipinski definition) is 10. The number of benzene rings is 2. The lowest BCUT2D eigenvalue weighted by molar-refractivity contribution is 0.0205. The van der Waals surface area contributed by atoms with E-state index in [0.29, 0.717) is 68.7 Å². The second-order valence-electron chi connectivity index (χ2n) is 8.74. The van der Waals surface area contributed by atoms with Crippen LogP contribution in [0.1, 0.15) is 34.5 Å². The molecule has 0 bridgehead atoms. The molecule has 6 rings (SSSR count). The summed E-state index contributed by atoms with van der Waals surface area (Å²) in [5, 5.41) is 27.5.